The van der Waals surface area contributed by atoms with Crippen LogP contribution in [0.25, 0.3) is 0 Å². The van der Waals surface area contributed by atoms with Crippen LogP contribution in [0.3, 0.4) is 0 Å². The molecule has 1 heterocycles. The molecule has 0 aliphatic carbocycles. The van der Waals surface area contributed by atoms with Crippen LogP contribution in [0.4, 0.5) is 17.1 Å². The first kappa shape index (κ1) is 24.1. The lowest BCUT2D eigenvalue weighted by Crippen LogP contribution is -2.54. The molecule has 1 aliphatic rings. The van der Waals surface area contributed by atoms with E-state index in [9.17, 15) is 28.1 Å². The first-order valence-electron chi connectivity index (χ1n) is 10.2. The summed E-state index contributed by atoms with van der Waals surface area (Å²) in [5.41, 5.74) is 1.17. The standard InChI is InChI=1S/C21H25N5O6S/c1-15(23-33(31,32)20-8-6-17(7-9-20)22-16(2)27)21(28)25-12-10-24(11-13-25)18-4-3-5-19(14-18)26(29)30/h3-9,14-15,23H,10-13H2,1-2H3,(H,22,27)/t15-/m0/s1. The zero-order valence-electron chi connectivity index (χ0n) is 18.2. The van der Waals surface area contributed by atoms with E-state index in [4.69, 9.17) is 0 Å². The SMILES string of the molecule is CC(=O)Nc1ccc(S(=O)(=O)N[C@@H](C)C(=O)N2CCN(c3cccc([N+](=O)[O-])c3)CC2)cc1. The number of anilines is 2. The van der Waals surface area contributed by atoms with Gasteiger partial charge in [0.15, 0.2) is 0 Å². The van der Waals surface area contributed by atoms with Gasteiger partial charge in [-0.05, 0) is 37.3 Å². The third-order valence-corrected chi connectivity index (χ3v) is 6.74. The molecule has 3 rings (SSSR count). The number of piperazine rings is 1. The minimum Gasteiger partial charge on any atom is -0.368 e. The molecule has 0 bridgehead atoms. The van der Waals surface area contributed by atoms with Crippen molar-refractivity contribution in [1.82, 2.24) is 9.62 Å². The van der Waals surface area contributed by atoms with Gasteiger partial charge in [0.25, 0.3) is 5.69 Å². The van der Waals surface area contributed by atoms with Crippen LogP contribution in [-0.4, -0.2) is 62.3 Å². The summed E-state index contributed by atoms with van der Waals surface area (Å²) in [6.07, 6.45) is 0. The maximum Gasteiger partial charge on any atom is 0.271 e. The molecule has 0 saturated carbocycles. The van der Waals surface area contributed by atoms with E-state index in [1.807, 2.05) is 4.90 Å². The van der Waals surface area contributed by atoms with E-state index in [-0.39, 0.29) is 22.4 Å². The predicted octanol–water partition coefficient (Wildman–Crippen LogP) is 1.57. The smallest absolute Gasteiger partial charge is 0.271 e. The molecule has 2 N–H and O–H groups in total. The van der Waals surface area contributed by atoms with Crippen molar-refractivity contribution in [3.63, 3.8) is 0 Å². The number of non-ortho nitro benzene ring substituents is 1. The van der Waals surface area contributed by atoms with Gasteiger partial charge in [-0.15, -0.1) is 0 Å². The second-order valence-corrected chi connectivity index (χ2v) is 9.35. The monoisotopic (exact) mass is 475 g/mol. The summed E-state index contributed by atoms with van der Waals surface area (Å²) in [4.78, 5) is 37.9. The van der Waals surface area contributed by atoms with E-state index < -0.39 is 21.0 Å². The third kappa shape index (κ3) is 6.05. The number of carbonyl (C=O) groups excluding carboxylic acids is 2. The Bertz CT molecular complexity index is 1140. The number of hydrogen-bond acceptors (Lipinski definition) is 7. The molecule has 2 amide bonds. The molecule has 0 radical (unpaired) electrons. The lowest BCUT2D eigenvalue weighted by molar-refractivity contribution is -0.384. The third-order valence-electron chi connectivity index (χ3n) is 5.18. The predicted molar refractivity (Wildman–Crippen MR) is 122 cm³/mol. The van der Waals surface area contributed by atoms with Gasteiger partial charge < -0.3 is 15.1 Å². The summed E-state index contributed by atoms with van der Waals surface area (Å²) in [6, 6.07) is 11.0. The second-order valence-electron chi connectivity index (χ2n) is 7.64. The molecular weight excluding hydrogens is 450 g/mol. The molecule has 1 atom stereocenters. The van der Waals surface area contributed by atoms with E-state index >= 15 is 0 Å². The first-order chi connectivity index (χ1) is 15.6. The number of amides is 2. The second kappa shape index (κ2) is 9.96. The normalized spacial score (nSPS) is 15.1. The number of rotatable bonds is 7. The summed E-state index contributed by atoms with van der Waals surface area (Å²) in [6.45, 7) is 4.49. The van der Waals surface area contributed by atoms with Crippen molar-refractivity contribution in [3.8, 4) is 0 Å². The molecule has 2 aromatic rings. The van der Waals surface area contributed by atoms with Crippen LogP contribution in [0.15, 0.2) is 53.4 Å². The van der Waals surface area contributed by atoms with Gasteiger partial charge in [0.2, 0.25) is 21.8 Å². The number of nitro benzene ring substituents is 1. The van der Waals surface area contributed by atoms with Crippen molar-refractivity contribution in [1.29, 1.82) is 0 Å². The van der Waals surface area contributed by atoms with Crippen molar-refractivity contribution in [2.24, 2.45) is 0 Å². The topological polar surface area (TPSA) is 142 Å². The number of nitrogens with zero attached hydrogens (tertiary/aromatic N) is 3. The van der Waals surface area contributed by atoms with Crippen LogP contribution in [0.2, 0.25) is 0 Å². The molecule has 0 unspecified atom stereocenters. The zero-order chi connectivity index (χ0) is 24.2. The van der Waals surface area contributed by atoms with Crippen LogP contribution in [0.1, 0.15) is 13.8 Å². The Balaban J connectivity index is 1.58. The van der Waals surface area contributed by atoms with E-state index in [1.165, 1.54) is 50.2 Å². The molecule has 0 spiro atoms. The van der Waals surface area contributed by atoms with Crippen molar-refractivity contribution in [2.45, 2.75) is 24.8 Å². The van der Waals surface area contributed by atoms with Gasteiger partial charge >= 0.3 is 0 Å². The van der Waals surface area contributed by atoms with Crippen molar-refractivity contribution in [2.75, 3.05) is 36.4 Å². The van der Waals surface area contributed by atoms with E-state index in [2.05, 4.69) is 10.0 Å². The molecule has 176 valence electrons. The number of nitrogens with one attached hydrogen (secondary N) is 2. The van der Waals surface area contributed by atoms with Gasteiger partial charge in [-0.1, -0.05) is 6.07 Å². The highest BCUT2D eigenvalue weighted by Gasteiger charge is 2.28. The fourth-order valence-electron chi connectivity index (χ4n) is 3.53. The van der Waals surface area contributed by atoms with E-state index in [0.29, 0.717) is 37.6 Å². The summed E-state index contributed by atoms with van der Waals surface area (Å²) in [7, 11) is -3.94. The van der Waals surface area contributed by atoms with E-state index in [0.717, 1.165) is 0 Å². The van der Waals surface area contributed by atoms with Crippen LogP contribution in [0, 0.1) is 10.1 Å². The van der Waals surface area contributed by atoms with Crippen LogP contribution in [0.5, 0.6) is 0 Å². The highest BCUT2D eigenvalue weighted by Crippen LogP contribution is 2.22. The van der Waals surface area contributed by atoms with Crippen LogP contribution >= 0.6 is 0 Å². The summed E-state index contributed by atoms with van der Waals surface area (Å²) < 4.78 is 27.7. The molecule has 1 fully saturated rings. The quantitative estimate of drug-likeness (QED) is 0.457. The maximum atomic E-state index is 12.8. The lowest BCUT2D eigenvalue weighted by atomic mass is 10.2. The first-order valence-corrected chi connectivity index (χ1v) is 11.7. The molecule has 11 nitrogen and oxygen atoms in total. The molecule has 1 aliphatic heterocycles. The van der Waals surface area contributed by atoms with Gasteiger partial charge in [-0.25, -0.2) is 8.42 Å². The number of nitro groups is 1. The Morgan fingerprint density at radius 3 is 2.27 bits per heavy atom. The number of benzene rings is 2. The number of carbonyl (C=O) groups is 2. The highest BCUT2D eigenvalue weighted by molar-refractivity contribution is 7.89. The van der Waals surface area contributed by atoms with Crippen LogP contribution < -0.4 is 14.9 Å². The summed E-state index contributed by atoms with van der Waals surface area (Å²) >= 11 is 0. The van der Waals surface area contributed by atoms with Gasteiger partial charge in [-0.3, -0.25) is 19.7 Å². The average Bonchev–Trinajstić information content (AvgIpc) is 2.78. The Kier molecular flexibility index (Phi) is 7.29. The molecular formula is C21H25N5O6S. The lowest BCUT2D eigenvalue weighted by Gasteiger charge is -2.37. The highest BCUT2D eigenvalue weighted by atomic mass is 32.2. The van der Waals surface area contributed by atoms with Gasteiger partial charge in [-0.2, -0.15) is 4.72 Å². The molecule has 33 heavy (non-hydrogen) atoms. The molecule has 2 aromatic carbocycles. The van der Waals surface area contributed by atoms with Gasteiger partial charge in [0.05, 0.1) is 15.9 Å². The van der Waals surface area contributed by atoms with Gasteiger partial charge in [0.1, 0.15) is 0 Å². The minimum absolute atomic E-state index is 0.000794. The fraction of sp³-hybridized carbons (Fsp3) is 0.333. The molecule has 12 heteroatoms. The zero-order valence-corrected chi connectivity index (χ0v) is 19.0. The van der Waals surface area contributed by atoms with Gasteiger partial charge in [0, 0.05) is 56.6 Å². The maximum absolute atomic E-state index is 12.8. The number of sulfonamides is 1. The fourth-order valence-corrected chi connectivity index (χ4v) is 4.73. The van der Waals surface area contributed by atoms with Crippen molar-refractivity contribution in [3.05, 3.63) is 58.6 Å². The summed E-state index contributed by atoms with van der Waals surface area (Å²) in [5.74, 6) is -0.624. The Hall–Kier alpha value is -3.51. The van der Waals surface area contributed by atoms with Crippen LogP contribution in [-0.2, 0) is 19.6 Å². The molecule has 1 saturated heterocycles. The summed E-state index contributed by atoms with van der Waals surface area (Å²) in [5, 5.41) is 13.5. The Morgan fingerprint density at radius 2 is 1.70 bits per heavy atom. The molecule has 0 aromatic heterocycles. The largest absolute Gasteiger partial charge is 0.368 e. The average molecular weight is 476 g/mol. The Labute approximate surface area is 191 Å². The Morgan fingerprint density at radius 1 is 1.06 bits per heavy atom. The van der Waals surface area contributed by atoms with E-state index in [1.54, 1.807) is 17.0 Å². The van der Waals surface area contributed by atoms with Crippen molar-refractivity contribution < 1.29 is 22.9 Å². The number of hydrogen-bond donors (Lipinski definition) is 2. The minimum atomic E-state index is -3.94. The van der Waals surface area contributed by atoms with Crippen molar-refractivity contribution >= 4 is 38.9 Å².